The van der Waals surface area contributed by atoms with Crippen LogP contribution in [0.25, 0.3) is 27.8 Å². The number of benzene rings is 2. The van der Waals surface area contributed by atoms with E-state index in [0.717, 1.165) is 28.2 Å². The molecule has 6 nitrogen and oxygen atoms in total. The fraction of sp³-hybridized carbons (Fsp3) is 0.0909. The Morgan fingerprint density at radius 3 is 2.50 bits per heavy atom. The van der Waals surface area contributed by atoms with Crippen molar-refractivity contribution >= 4 is 39.8 Å². The second-order valence-electron chi connectivity index (χ2n) is 7.10. The molecule has 2 aromatic carbocycles. The molecule has 0 radical (unpaired) electrons. The smallest absolute Gasteiger partial charge is 0.329 e. The Hall–Kier alpha value is -3.72. The van der Waals surface area contributed by atoms with Crippen LogP contribution in [0.5, 0.6) is 0 Å². The lowest BCUT2D eigenvalue weighted by atomic mass is 10.1. The molecule has 3 heterocycles. The van der Waals surface area contributed by atoms with Crippen molar-refractivity contribution < 1.29 is 13.2 Å². The number of anilines is 2. The van der Waals surface area contributed by atoms with Crippen LogP contribution in [0, 0.1) is 0 Å². The summed E-state index contributed by atoms with van der Waals surface area (Å²) in [6.45, 7) is 0. The van der Waals surface area contributed by atoms with E-state index in [1.807, 2.05) is 60.5 Å². The first-order valence-electron chi connectivity index (χ1n) is 9.50. The van der Waals surface area contributed by atoms with E-state index in [2.05, 4.69) is 20.2 Å². The van der Waals surface area contributed by atoms with Crippen LogP contribution < -0.4 is 4.90 Å². The van der Waals surface area contributed by atoms with Crippen LogP contribution in [0.4, 0.5) is 24.7 Å². The molecule has 0 saturated carbocycles. The summed E-state index contributed by atoms with van der Waals surface area (Å²) in [7, 11) is 1.85. The third-order valence-corrected chi connectivity index (χ3v) is 5.38. The predicted octanol–water partition coefficient (Wildman–Crippen LogP) is 5.78. The van der Waals surface area contributed by atoms with Gasteiger partial charge in [-0.3, -0.25) is 4.98 Å². The fourth-order valence-corrected chi connectivity index (χ4v) is 3.76. The van der Waals surface area contributed by atoms with Gasteiger partial charge >= 0.3 is 6.18 Å². The quantitative estimate of drug-likeness (QED) is 0.346. The molecule has 0 saturated heterocycles. The molecule has 0 spiro atoms. The van der Waals surface area contributed by atoms with Crippen molar-refractivity contribution in [3.8, 4) is 11.1 Å². The van der Waals surface area contributed by atoms with Gasteiger partial charge in [0.05, 0.1) is 5.52 Å². The number of pyridine rings is 1. The lowest BCUT2D eigenvalue weighted by Crippen LogP contribution is -2.13. The van der Waals surface area contributed by atoms with E-state index in [1.54, 1.807) is 4.40 Å². The Balaban J connectivity index is 1.58. The van der Waals surface area contributed by atoms with Crippen molar-refractivity contribution in [2.45, 2.75) is 6.18 Å². The minimum absolute atomic E-state index is 0.217. The summed E-state index contributed by atoms with van der Waals surface area (Å²) in [4.78, 5) is 10.1. The third kappa shape index (κ3) is 3.40. The van der Waals surface area contributed by atoms with Gasteiger partial charge in [0, 0.05) is 29.9 Å². The summed E-state index contributed by atoms with van der Waals surface area (Å²) in [5.41, 5.74) is 1.97. The van der Waals surface area contributed by atoms with E-state index >= 15 is 0 Å². The molecule has 0 atom stereocenters. The van der Waals surface area contributed by atoms with E-state index in [-0.39, 0.29) is 5.28 Å². The highest BCUT2D eigenvalue weighted by molar-refractivity contribution is 6.29. The number of hydrogen-bond acceptors (Lipinski definition) is 5. The Labute approximate surface area is 184 Å². The van der Waals surface area contributed by atoms with E-state index in [0.29, 0.717) is 17.2 Å². The minimum Gasteiger partial charge on any atom is -0.329 e. The molecule has 160 valence electrons. The maximum Gasteiger partial charge on any atom is 0.433 e. The maximum absolute atomic E-state index is 12.8. The van der Waals surface area contributed by atoms with Gasteiger partial charge in [-0.1, -0.05) is 30.3 Å². The standard InChI is InChI=1S/C22H14ClF3N6/c1-31(19-16-7-2-3-8-17(16)32-20(23)29-30-21(32)28-19)15-6-4-5-13(11-15)14-9-10-18(27-12-14)22(24,25)26/h2-12H,1H3. The molecular formula is C22H14ClF3N6. The first-order chi connectivity index (χ1) is 15.3. The van der Waals surface area contributed by atoms with Crippen molar-refractivity contribution in [3.63, 3.8) is 0 Å². The van der Waals surface area contributed by atoms with Crippen molar-refractivity contribution in [2.75, 3.05) is 11.9 Å². The zero-order valence-corrected chi connectivity index (χ0v) is 17.3. The molecule has 0 amide bonds. The molecule has 0 fully saturated rings. The number of aromatic nitrogens is 5. The van der Waals surface area contributed by atoms with Gasteiger partial charge in [0.1, 0.15) is 11.5 Å². The van der Waals surface area contributed by atoms with Gasteiger partial charge in [-0.25, -0.2) is 4.40 Å². The molecule has 3 aromatic heterocycles. The number of alkyl halides is 3. The van der Waals surface area contributed by atoms with Crippen LogP contribution in [0.2, 0.25) is 5.28 Å². The van der Waals surface area contributed by atoms with E-state index in [1.165, 1.54) is 12.3 Å². The largest absolute Gasteiger partial charge is 0.433 e. The molecule has 5 aromatic rings. The van der Waals surface area contributed by atoms with Crippen LogP contribution >= 0.6 is 11.6 Å². The number of para-hydroxylation sites is 1. The third-order valence-electron chi connectivity index (χ3n) is 5.14. The van der Waals surface area contributed by atoms with Gasteiger partial charge in [0.15, 0.2) is 0 Å². The molecule has 0 bridgehead atoms. The van der Waals surface area contributed by atoms with Gasteiger partial charge < -0.3 is 4.90 Å². The highest BCUT2D eigenvalue weighted by atomic mass is 35.5. The molecule has 0 unspecified atom stereocenters. The zero-order valence-electron chi connectivity index (χ0n) is 16.5. The molecule has 0 aliphatic rings. The number of nitrogens with zero attached hydrogens (tertiary/aromatic N) is 6. The number of fused-ring (bicyclic) bond motifs is 3. The second kappa shape index (κ2) is 7.45. The monoisotopic (exact) mass is 454 g/mol. The normalized spacial score (nSPS) is 11.9. The Morgan fingerprint density at radius 2 is 1.75 bits per heavy atom. The lowest BCUT2D eigenvalue weighted by molar-refractivity contribution is -0.141. The average molecular weight is 455 g/mol. The van der Waals surface area contributed by atoms with Gasteiger partial charge in [0.2, 0.25) is 5.28 Å². The Bertz CT molecular complexity index is 1450. The number of halogens is 4. The number of hydrogen-bond donors (Lipinski definition) is 0. The summed E-state index contributed by atoms with van der Waals surface area (Å²) < 4.78 is 40.1. The summed E-state index contributed by atoms with van der Waals surface area (Å²) >= 11 is 6.19. The van der Waals surface area contributed by atoms with Crippen molar-refractivity contribution in [1.29, 1.82) is 0 Å². The summed E-state index contributed by atoms with van der Waals surface area (Å²) in [6.07, 6.45) is -3.25. The van der Waals surface area contributed by atoms with E-state index in [4.69, 9.17) is 11.6 Å². The highest BCUT2D eigenvalue weighted by Gasteiger charge is 2.32. The first-order valence-corrected chi connectivity index (χ1v) is 9.87. The van der Waals surface area contributed by atoms with Gasteiger partial charge in [-0.2, -0.15) is 18.2 Å². The highest BCUT2D eigenvalue weighted by Crippen LogP contribution is 2.34. The minimum atomic E-state index is -4.48. The fourth-order valence-electron chi connectivity index (χ4n) is 3.55. The molecule has 5 rings (SSSR count). The van der Waals surface area contributed by atoms with Crippen molar-refractivity contribution in [1.82, 2.24) is 24.6 Å². The van der Waals surface area contributed by atoms with E-state index in [9.17, 15) is 13.2 Å². The van der Waals surface area contributed by atoms with E-state index < -0.39 is 11.9 Å². The molecule has 10 heteroatoms. The van der Waals surface area contributed by atoms with Crippen LogP contribution in [0.15, 0.2) is 66.9 Å². The summed E-state index contributed by atoms with van der Waals surface area (Å²) in [6, 6.07) is 17.4. The predicted molar refractivity (Wildman–Crippen MR) is 116 cm³/mol. The molecular weight excluding hydrogens is 441 g/mol. The van der Waals surface area contributed by atoms with Crippen molar-refractivity contribution in [3.05, 3.63) is 77.8 Å². The van der Waals surface area contributed by atoms with Crippen LogP contribution in [-0.2, 0) is 6.18 Å². The summed E-state index contributed by atoms with van der Waals surface area (Å²) in [5, 5.41) is 9.00. The topological polar surface area (TPSA) is 59.2 Å². The number of rotatable bonds is 3. The van der Waals surface area contributed by atoms with Crippen LogP contribution in [0.3, 0.4) is 0 Å². The Kier molecular flexibility index (Phi) is 4.70. The first kappa shape index (κ1) is 20.2. The second-order valence-corrected chi connectivity index (χ2v) is 7.43. The molecule has 0 aliphatic carbocycles. The Morgan fingerprint density at radius 1 is 0.938 bits per heavy atom. The van der Waals surface area contributed by atoms with Gasteiger partial charge in [-0.05, 0) is 47.5 Å². The van der Waals surface area contributed by atoms with Crippen LogP contribution in [-0.4, -0.2) is 31.6 Å². The summed E-state index contributed by atoms with van der Waals surface area (Å²) in [5.74, 6) is 0.999. The van der Waals surface area contributed by atoms with Gasteiger partial charge in [0.25, 0.3) is 5.78 Å². The molecule has 0 aliphatic heterocycles. The zero-order chi connectivity index (χ0) is 22.5. The van der Waals surface area contributed by atoms with Gasteiger partial charge in [-0.15, -0.1) is 10.2 Å². The molecule has 0 N–H and O–H groups in total. The average Bonchev–Trinajstić information content (AvgIpc) is 3.18. The SMILES string of the molecule is CN(c1cccc(-c2ccc(C(F)(F)F)nc2)c1)c1nc2nnc(Cl)n2c2ccccc12. The molecule has 32 heavy (non-hydrogen) atoms. The van der Waals surface area contributed by atoms with Crippen molar-refractivity contribution in [2.24, 2.45) is 0 Å². The maximum atomic E-state index is 12.8. The lowest BCUT2D eigenvalue weighted by Gasteiger charge is -2.21. The van der Waals surface area contributed by atoms with Crippen LogP contribution in [0.1, 0.15) is 5.69 Å².